The average molecular weight is 364 g/mol. The van der Waals surface area contributed by atoms with Crippen LogP contribution in [-0.4, -0.2) is 58.7 Å². The highest BCUT2D eigenvalue weighted by Gasteiger charge is 2.27. The Bertz CT molecular complexity index is 570. The van der Waals surface area contributed by atoms with Crippen LogP contribution in [0, 0.1) is 5.92 Å². The summed E-state index contributed by atoms with van der Waals surface area (Å²) in [5.41, 5.74) is 0. The molecule has 3 rings (SSSR count). The highest BCUT2D eigenvalue weighted by Crippen LogP contribution is 2.26. The van der Waals surface area contributed by atoms with Gasteiger partial charge in [0.25, 0.3) is 0 Å². The van der Waals surface area contributed by atoms with Gasteiger partial charge < -0.3 is 19.6 Å². The second kappa shape index (κ2) is 9.35. The van der Waals surface area contributed by atoms with Crippen LogP contribution in [0.1, 0.15) is 63.6 Å². The van der Waals surface area contributed by atoms with Crippen molar-refractivity contribution in [3.63, 3.8) is 0 Å². The lowest BCUT2D eigenvalue weighted by atomic mass is 9.90. The van der Waals surface area contributed by atoms with Gasteiger partial charge in [-0.2, -0.15) is 4.98 Å². The van der Waals surface area contributed by atoms with Crippen LogP contribution in [0.5, 0.6) is 0 Å². The van der Waals surface area contributed by atoms with Crippen LogP contribution >= 0.6 is 0 Å². The molecule has 0 bridgehead atoms. The number of rotatable bonds is 6. The molecule has 1 aromatic rings. The molecular weight excluding hydrogens is 330 g/mol. The number of amides is 2. The number of carbonyl (C=O) groups excluding carboxylic acids is 1. The van der Waals surface area contributed by atoms with Crippen LogP contribution in [0.4, 0.5) is 4.79 Å². The predicted molar refractivity (Wildman–Crippen MR) is 99.7 cm³/mol. The fraction of sp³-hybridized carbons (Fsp3) is 0.842. The second-order valence-corrected chi connectivity index (χ2v) is 7.80. The normalized spacial score (nSPS) is 22.3. The Kier molecular flexibility index (Phi) is 6.88. The van der Waals surface area contributed by atoms with E-state index >= 15 is 0 Å². The SMILES string of the molecule is CCc1nc(CN(C)C(=O)NCC2CCCN(C3CCCCC3)C2)no1. The molecule has 26 heavy (non-hydrogen) atoms. The molecule has 1 atom stereocenters. The van der Waals surface area contributed by atoms with Crippen LogP contribution in [0.15, 0.2) is 4.52 Å². The minimum absolute atomic E-state index is 0.0670. The maximum Gasteiger partial charge on any atom is 0.317 e. The lowest BCUT2D eigenvalue weighted by Gasteiger charge is -2.40. The van der Waals surface area contributed by atoms with Crippen LogP contribution in [0.25, 0.3) is 0 Å². The summed E-state index contributed by atoms with van der Waals surface area (Å²) in [7, 11) is 1.77. The van der Waals surface area contributed by atoms with E-state index < -0.39 is 0 Å². The monoisotopic (exact) mass is 363 g/mol. The summed E-state index contributed by atoms with van der Waals surface area (Å²) in [5.74, 6) is 1.72. The van der Waals surface area contributed by atoms with E-state index in [1.165, 1.54) is 51.5 Å². The number of nitrogens with one attached hydrogen (secondary N) is 1. The van der Waals surface area contributed by atoms with Crippen molar-refractivity contribution in [2.24, 2.45) is 5.92 Å². The first-order valence-electron chi connectivity index (χ1n) is 10.2. The fourth-order valence-corrected chi connectivity index (χ4v) is 4.19. The summed E-state index contributed by atoms with van der Waals surface area (Å²) in [6.45, 7) is 5.44. The van der Waals surface area contributed by atoms with Crippen molar-refractivity contribution < 1.29 is 9.32 Å². The van der Waals surface area contributed by atoms with E-state index in [9.17, 15) is 4.79 Å². The molecule has 1 N–H and O–H groups in total. The third-order valence-electron chi connectivity index (χ3n) is 5.72. The molecule has 0 radical (unpaired) electrons. The van der Waals surface area contributed by atoms with Crippen LogP contribution in [0.3, 0.4) is 0 Å². The number of urea groups is 1. The van der Waals surface area contributed by atoms with E-state index in [1.807, 2.05) is 6.92 Å². The molecule has 1 aliphatic carbocycles. The number of nitrogens with zero attached hydrogens (tertiary/aromatic N) is 4. The first-order chi connectivity index (χ1) is 12.7. The van der Waals surface area contributed by atoms with Crippen LogP contribution < -0.4 is 5.32 Å². The minimum atomic E-state index is -0.0670. The molecule has 2 fully saturated rings. The molecule has 0 aromatic carbocycles. The summed E-state index contributed by atoms with van der Waals surface area (Å²) < 4.78 is 5.09. The van der Waals surface area contributed by atoms with Crippen LogP contribution in [0.2, 0.25) is 0 Å². The Morgan fingerprint density at radius 1 is 1.27 bits per heavy atom. The van der Waals surface area contributed by atoms with Crippen molar-refractivity contribution in [3.05, 3.63) is 11.7 Å². The number of likely N-dealkylation sites (tertiary alicyclic amines) is 1. The Morgan fingerprint density at radius 2 is 2.08 bits per heavy atom. The number of aromatic nitrogens is 2. The lowest BCUT2D eigenvalue weighted by molar-refractivity contribution is 0.0979. The van der Waals surface area contributed by atoms with Gasteiger partial charge in [-0.25, -0.2) is 4.79 Å². The third kappa shape index (κ3) is 5.19. The quantitative estimate of drug-likeness (QED) is 0.841. The molecule has 2 amide bonds. The lowest BCUT2D eigenvalue weighted by Crippen LogP contribution is -2.47. The topological polar surface area (TPSA) is 74.5 Å². The predicted octanol–water partition coefficient (Wildman–Crippen LogP) is 2.82. The number of carbonyl (C=O) groups is 1. The molecule has 2 aliphatic rings. The highest BCUT2D eigenvalue weighted by atomic mass is 16.5. The van der Waals surface area contributed by atoms with Gasteiger partial charge >= 0.3 is 6.03 Å². The van der Waals surface area contributed by atoms with Gasteiger partial charge in [0.1, 0.15) is 0 Å². The minimum Gasteiger partial charge on any atom is -0.339 e. The zero-order valence-corrected chi connectivity index (χ0v) is 16.2. The number of hydrogen-bond acceptors (Lipinski definition) is 5. The summed E-state index contributed by atoms with van der Waals surface area (Å²) in [6, 6.07) is 0.707. The van der Waals surface area contributed by atoms with Crippen molar-refractivity contribution in [1.82, 2.24) is 25.3 Å². The molecule has 146 valence electrons. The van der Waals surface area contributed by atoms with E-state index in [4.69, 9.17) is 4.52 Å². The first kappa shape index (κ1) is 19.1. The largest absolute Gasteiger partial charge is 0.339 e. The number of aryl methyl sites for hydroxylation is 1. The summed E-state index contributed by atoms with van der Waals surface area (Å²) >= 11 is 0. The van der Waals surface area contributed by atoms with Crippen molar-refractivity contribution in [2.75, 3.05) is 26.7 Å². The van der Waals surface area contributed by atoms with Gasteiger partial charge in [-0.3, -0.25) is 0 Å². The Labute approximate surface area is 156 Å². The van der Waals surface area contributed by atoms with Crippen molar-refractivity contribution in [3.8, 4) is 0 Å². The number of piperidine rings is 1. The Balaban J connectivity index is 1.41. The Morgan fingerprint density at radius 3 is 2.81 bits per heavy atom. The molecule has 7 heteroatoms. The van der Waals surface area contributed by atoms with Crippen LogP contribution in [-0.2, 0) is 13.0 Å². The Hall–Kier alpha value is -1.63. The molecule has 2 heterocycles. The van der Waals surface area contributed by atoms with E-state index in [0.717, 1.165) is 19.1 Å². The summed E-state index contributed by atoms with van der Waals surface area (Å²) in [6.07, 6.45) is 10.0. The standard InChI is InChI=1S/C19H33N5O2/c1-3-18-21-17(22-26-18)14-23(2)19(25)20-12-15-8-7-11-24(13-15)16-9-5-4-6-10-16/h15-16H,3-14H2,1-2H3,(H,20,25). The van der Waals surface area contributed by atoms with Gasteiger partial charge in [-0.05, 0) is 38.1 Å². The summed E-state index contributed by atoms with van der Waals surface area (Å²) in [4.78, 5) is 20.9. The highest BCUT2D eigenvalue weighted by molar-refractivity contribution is 5.73. The van der Waals surface area contributed by atoms with Gasteiger partial charge in [0.05, 0.1) is 6.54 Å². The maximum atomic E-state index is 12.4. The third-order valence-corrected chi connectivity index (χ3v) is 5.72. The fourth-order valence-electron chi connectivity index (χ4n) is 4.19. The molecule has 1 aliphatic heterocycles. The molecule has 1 saturated carbocycles. The van der Waals surface area contributed by atoms with Crippen molar-refractivity contribution in [2.45, 2.75) is 70.9 Å². The zero-order chi connectivity index (χ0) is 18.4. The molecule has 1 aromatic heterocycles. The zero-order valence-electron chi connectivity index (χ0n) is 16.2. The molecule has 1 unspecified atom stereocenters. The summed E-state index contributed by atoms with van der Waals surface area (Å²) in [5, 5.41) is 7.00. The van der Waals surface area contributed by atoms with Gasteiger partial charge in [0.2, 0.25) is 5.89 Å². The molecular formula is C19H33N5O2. The van der Waals surface area contributed by atoms with Crippen molar-refractivity contribution in [1.29, 1.82) is 0 Å². The molecule has 1 saturated heterocycles. The van der Waals surface area contributed by atoms with Gasteiger partial charge in [0, 0.05) is 32.6 Å². The van der Waals surface area contributed by atoms with E-state index in [2.05, 4.69) is 20.4 Å². The second-order valence-electron chi connectivity index (χ2n) is 7.80. The smallest absolute Gasteiger partial charge is 0.317 e. The van der Waals surface area contributed by atoms with Gasteiger partial charge in [0.15, 0.2) is 5.82 Å². The van der Waals surface area contributed by atoms with Gasteiger partial charge in [-0.1, -0.05) is 31.3 Å². The van der Waals surface area contributed by atoms with Gasteiger partial charge in [-0.15, -0.1) is 0 Å². The van der Waals surface area contributed by atoms with E-state index in [0.29, 0.717) is 30.6 Å². The van der Waals surface area contributed by atoms with Crippen molar-refractivity contribution >= 4 is 6.03 Å². The first-order valence-corrected chi connectivity index (χ1v) is 10.2. The number of hydrogen-bond donors (Lipinski definition) is 1. The molecule has 0 spiro atoms. The maximum absolute atomic E-state index is 12.4. The van der Waals surface area contributed by atoms with E-state index in [1.54, 1.807) is 11.9 Å². The van der Waals surface area contributed by atoms with E-state index in [-0.39, 0.29) is 6.03 Å². The average Bonchev–Trinajstić information content (AvgIpc) is 3.14. The molecule has 7 nitrogen and oxygen atoms in total.